The summed E-state index contributed by atoms with van der Waals surface area (Å²) in [4.78, 5) is 2.23. The molecule has 1 aliphatic carbocycles. The molecule has 1 aromatic heterocycles. The summed E-state index contributed by atoms with van der Waals surface area (Å²) in [6.45, 7) is 5.14. The zero-order valence-electron chi connectivity index (χ0n) is 25.6. The maximum atomic E-state index is 13.8. The van der Waals surface area contributed by atoms with E-state index in [4.69, 9.17) is 4.74 Å². The van der Waals surface area contributed by atoms with Crippen molar-refractivity contribution < 1.29 is 26.3 Å². The van der Waals surface area contributed by atoms with Gasteiger partial charge in [0.25, 0.3) is 0 Å². The van der Waals surface area contributed by atoms with E-state index in [0.717, 1.165) is 18.9 Å². The molecule has 9 heteroatoms. The Hall–Kier alpha value is -3.82. The molecule has 5 nitrogen and oxygen atoms in total. The topological polar surface area (TPSA) is 51.5 Å². The van der Waals surface area contributed by atoms with E-state index < -0.39 is 21.8 Å². The molecule has 0 amide bonds. The van der Waals surface area contributed by atoms with Crippen LogP contribution in [0, 0.1) is 6.92 Å². The summed E-state index contributed by atoms with van der Waals surface area (Å²) in [5.74, 6) is 0.677. The van der Waals surface area contributed by atoms with Crippen molar-refractivity contribution in [3.63, 3.8) is 0 Å². The minimum atomic E-state index is -4.42. The molecular weight excluding hydrogens is 597 g/mol. The van der Waals surface area contributed by atoms with Crippen LogP contribution in [-0.2, 0) is 22.7 Å². The van der Waals surface area contributed by atoms with Gasteiger partial charge in [0.15, 0.2) is 0 Å². The summed E-state index contributed by atoms with van der Waals surface area (Å²) in [6.07, 6.45) is 6.07. The molecule has 3 aromatic carbocycles. The van der Waals surface area contributed by atoms with Crippen LogP contribution in [0.15, 0.2) is 103 Å². The first-order chi connectivity index (χ1) is 21.6. The molecule has 0 saturated heterocycles. The maximum Gasteiger partial charge on any atom is 0.416 e. The average molecular weight is 637 g/mol. The monoisotopic (exact) mass is 636 g/mol. The fraction of sp³-hybridized carbons (Fsp3) is 0.333. The molecule has 0 saturated carbocycles. The highest BCUT2D eigenvalue weighted by Crippen LogP contribution is 2.35. The lowest BCUT2D eigenvalue weighted by Gasteiger charge is -2.31. The highest BCUT2D eigenvalue weighted by Gasteiger charge is 2.33. The van der Waals surface area contributed by atoms with Gasteiger partial charge in [-0.2, -0.15) is 13.2 Å². The molecule has 0 N–H and O–H groups in total. The predicted octanol–water partition coefficient (Wildman–Crippen LogP) is 8.50. The molecule has 0 bridgehead atoms. The van der Waals surface area contributed by atoms with E-state index in [0.29, 0.717) is 54.9 Å². The molecule has 45 heavy (non-hydrogen) atoms. The van der Waals surface area contributed by atoms with Gasteiger partial charge in [-0.3, -0.25) is 4.90 Å². The summed E-state index contributed by atoms with van der Waals surface area (Å²) >= 11 is 0. The van der Waals surface area contributed by atoms with Gasteiger partial charge in [0.1, 0.15) is 5.75 Å². The van der Waals surface area contributed by atoms with Crippen LogP contribution >= 0.6 is 0 Å². The molecule has 5 rings (SSSR count). The molecule has 4 aromatic rings. The largest absolute Gasteiger partial charge is 0.493 e. The smallest absolute Gasteiger partial charge is 0.416 e. The summed E-state index contributed by atoms with van der Waals surface area (Å²) in [5, 5.41) is 0.715. The summed E-state index contributed by atoms with van der Waals surface area (Å²) in [7, 11) is -3.45. The average Bonchev–Trinajstić information content (AvgIpc) is 3.49. The van der Waals surface area contributed by atoms with Crippen LogP contribution in [0.1, 0.15) is 54.4 Å². The Morgan fingerprint density at radius 3 is 2.49 bits per heavy atom. The third-order valence-corrected chi connectivity index (χ3v) is 10.1. The number of benzene rings is 3. The minimum Gasteiger partial charge on any atom is -0.493 e. The van der Waals surface area contributed by atoms with Crippen LogP contribution in [0.4, 0.5) is 13.2 Å². The number of hydrogen-bond acceptors (Lipinski definition) is 4. The van der Waals surface area contributed by atoms with E-state index in [-0.39, 0.29) is 17.2 Å². The van der Waals surface area contributed by atoms with Gasteiger partial charge >= 0.3 is 6.18 Å². The Morgan fingerprint density at radius 2 is 1.78 bits per heavy atom. The quantitative estimate of drug-likeness (QED) is 0.138. The zero-order chi connectivity index (χ0) is 32.0. The molecular formula is C36H39F3N2O3S. The first-order valence-corrected chi connectivity index (χ1v) is 16.9. The Kier molecular flexibility index (Phi) is 10.2. The van der Waals surface area contributed by atoms with Crippen molar-refractivity contribution in [2.75, 3.05) is 25.4 Å². The Bertz CT molecular complexity index is 1780. The minimum absolute atomic E-state index is 0.0137. The summed E-state index contributed by atoms with van der Waals surface area (Å²) in [5.41, 5.74) is 3.35. The van der Waals surface area contributed by atoms with E-state index in [1.807, 2.05) is 24.3 Å². The van der Waals surface area contributed by atoms with Gasteiger partial charge in [-0.05, 0) is 74.1 Å². The summed E-state index contributed by atoms with van der Waals surface area (Å²) < 4.78 is 73.8. The van der Waals surface area contributed by atoms with Crippen molar-refractivity contribution in [1.29, 1.82) is 0 Å². The van der Waals surface area contributed by atoms with Crippen LogP contribution in [-0.4, -0.2) is 42.7 Å². The van der Waals surface area contributed by atoms with Crippen LogP contribution in [0.25, 0.3) is 10.9 Å². The third-order valence-electron chi connectivity index (χ3n) is 8.48. The molecule has 1 heterocycles. The van der Waals surface area contributed by atoms with Gasteiger partial charge in [-0.15, -0.1) is 0 Å². The van der Waals surface area contributed by atoms with E-state index in [9.17, 15) is 21.6 Å². The number of hydrogen-bond donors (Lipinski definition) is 0. The van der Waals surface area contributed by atoms with Gasteiger partial charge < -0.3 is 4.74 Å². The second kappa shape index (κ2) is 14.1. The number of rotatable bonds is 13. The first kappa shape index (κ1) is 32.6. The number of aromatic nitrogens is 1. The molecule has 0 aliphatic heterocycles. The van der Waals surface area contributed by atoms with Crippen molar-refractivity contribution in [2.24, 2.45) is 0 Å². The third kappa shape index (κ3) is 7.71. The number of fused-ring (bicyclic) bond motifs is 1. The molecule has 0 spiro atoms. The van der Waals surface area contributed by atoms with Crippen molar-refractivity contribution in [2.45, 2.75) is 51.7 Å². The Morgan fingerprint density at radius 1 is 1.00 bits per heavy atom. The Balaban J connectivity index is 1.37. The zero-order valence-corrected chi connectivity index (χ0v) is 26.4. The van der Waals surface area contributed by atoms with Gasteiger partial charge in [0.2, 0.25) is 10.0 Å². The number of nitrogens with zero attached hydrogens (tertiary/aromatic N) is 2. The number of allylic oxidation sites excluding steroid dienone is 3. The number of alkyl halides is 3. The second-order valence-corrected chi connectivity index (χ2v) is 13.5. The molecule has 238 valence electrons. The van der Waals surface area contributed by atoms with E-state index in [1.54, 1.807) is 44.3 Å². The normalized spacial score (nSPS) is 14.6. The number of ether oxygens (including phenoxy) is 1. The standard InChI is InChI=1S/C36H39F3N2O3S/c1-3-45(42,43)41-23-21-31-34(41)19-11-20-35(31)44-24-12-22-40(25-30-17-10-18-33(27(30)2)36(37,38)39)26-32(28-13-6-4-7-14-28)29-15-8-5-9-16-29/h4-8,10-11,13-15,17-21,23,32H,3,9,12,16,22,24-26H2,1-2H3. The molecule has 1 unspecified atom stereocenters. The Labute approximate surface area is 263 Å². The lowest BCUT2D eigenvalue weighted by atomic mass is 9.85. The van der Waals surface area contributed by atoms with Gasteiger partial charge in [-0.1, -0.05) is 72.3 Å². The maximum absolute atomic E-state index is 13.8. The molecule has 0 fully saturated rings. The van der Waals surface area contributed by atoms with Crippen molar-refractivity contribution in [1.82, 2.24) is 8.87 Å². The fourth-order valence-electron chi connectivity index (χ4n) is 6.02. The number of halogens is 3. The lowest BCUT2D eigenvalue weighted by molar-refractivity contribution is -0.138. The fourth-order valence-corrected chi connectivity index (χ4v) is 7.01. The van der Waals surface area contributed by atoms with Gasteiger partial charge in [0, 0.05) is 37.1 Å². The highest BCUT2D eigenvalue weighted by atomic mass is 32.2. The summed E-state index contributed by atoms with van der Waals surface area (Å²) in [6, 6.07) is 21.8. The first-order valence-electron chi connectivity index (χ1n) is 15.3. The van der Waals surface area contributed by atoms with Crippen LogP contribution < -0.4 is 4.74 Å². The van der Waals surface area contributed by atoms with Crippen molar-refractivity contribution in [3.8, 4) is 5.75 Å². The van der Waals surface area contributed by atoms with E-state index in [2.05, 4.69) is 35.3 Å². The molecule has 1 atom stereocenters. The van der Waals surface area contributed by atoms with Crippen molar-refractivity contribution in [3.05, 3.63) is 125 Å². The molecule has 0 radical (unpaired) electrons. The van der Waals surface area contributed by atoms with Crippen LogP contribution in [0.5, 0.6) is 5.75 Å². The highest BCUT2D eigenvalue weighted by molar-refractivity contribution is 7.90. The van der Waals surface area contributed by atoms with Crippen LogP contribution in [0.2, 0.25) is 0 Å². The van der Waals surface area contributed by atoms with E-state index in [1.165, 1.54) is 21.2 Å². The lowest BCUT2D eigenvalue weighted by Crippen LogP contribution is -2.31. The van der Waals surface area contributed by atoms with E-state index >= 15 is 0 Å². The molecule has 1 aliphatic rings. The van der Waals surface area contributed by atoms with Gasteiger partial charge in [-0.25, -0.2) is 12.4 Å². The second-order valence-electron chi connectivity index (χ2n) is 11.4. The van der Waals surface area contributed by atoms with Crippen molar-refractivity contribution >= 4 is 20.9 Å². The predicted molar refractivity (Wildman–Crippen MR) is 174 cm³/mol. The van der Waals surface area contributed by atoms with Crippen LogP contribution in [0.3, 0.4) is 0 Å². The van der Waals surface area contributed by atoms with Gasteiger partial charge in [0.05, 0.1) is 23.4 Å². The SMILES string of the molecule is CCS(=O)(=O)n1ccc2c(OCCCN(Cc3cccc(C(F)(F)F)c3C)CC(C3=CC=CCC3)c3ccccc3)cccc21.